The number of aliphatic carboxylic acids is 1. The van der Waals surface area contributed by atoms with E-state index in [9.17, 15) is 14.4 Å². The lowest BCUT2D eigenvalue weighted by Crippen LogP contribution is -2.40. The number of amides is 2. The normalized spacial score (nSPS) is 45.4. The van der Waals surface area contributed by atoms with Crippen molar-refractivity contribution in [1.29, 1.82) is 0 Å². The van der Waals surface area contributed by atoms with Gasteiger partial charge in [-0.3, -0.25) is 19.3 Å². The summed E-state index contributed by atoms with van der Waals surface area (Å²) in [4.78, 5) is 36.6. The van der Waals surface area contributed by atoms with Crippen LogP contribution < -0.4 is 0 Å². The van der Waals surface area contributed by atoms with Crippen molar-refractivity contribution < 1.29 is 19.5 Å². The van der Waals surface area contributed by atoms with Crippen molar-refractivity contribution in [3.05, 3.63) is 12.2 Å². The highest BCUT2D eigenvalue weighted by Gasteiger charge is 2.66. The van der Waals surface area contributed by atoms with Crippen molar-refractivity contribution in [2.24, 2.45) is 35.5 Å². The first-order chi connectivity index (χ1) is 9.09. The molecule has 4 aliphatic carbocycles. The minimum Gasteiger partial charge on any atom is -0.481 e. The molecule has 5 rings (SSSR count). The van der Waals surface area contributed by atoms with Gasteiger partial charge in [-0.2, -0.15) is 0 Å². The number of hydrogen-bond donors (Lipinski definition) is 1. The summed E-state index contributed by atoms with van der Waals surface area (Å²) in [7, 11) is 0. The third kappa shape index (κ3) is 1.33. The summed E-state index contributed by atoms with van der Waals surface area (Å²) in [6, 6.07) is 0. The van der Waals surface area contributed by atoms with Crippen LogP contribution in [0.4, 0.5) is 0 Å². The molecule has 0 aromatic rings. The number of carboxylic acids is 1. The Balaban J connectivity index is 1.63. The van der Waals surface area contributed by atoms with E-state index in [2.05, 4.69) is 12.2 Å². The summed E-state index contributed by atoms with van der Waals surface area (Å²) in [5, 5.41) is 8.71. The van der Waals surface area contributed by atoms with Crippen LogP contribution in [0.3, 0.4) is 0 Å². The van der Waals surface area contributed by atoms with Gasteiger partial charge in [0.1, 0.15) is 0 Å². The number of likely N-dealkylation sites (tertiary alicyclic amines) is 1. The Morgan fingerprint density at radius 1 is 1.16 bits per heavy atom. The first-order valence-electron chi connectivity index (χ1n) is 6.85. The number of carbonyl (C=O) groups excluding carboxylic acids is 2. The zero-order valence-electron chi connectivity index (χ0n) is 10.4. The summed E-state index contributed by atoms with van der Waals surface area (Å²) < 4.78 is 0. The third-order valence-corrected chi connectivity index (χ3v) is 5.30. The van der Waals surface area contributed by atoms with Crippen LogP contribution in [0.2, 0.25) is 0 Å². The molecule has 5 aliphatic rings. The number of carbonyl (C=O) groups is 3. The number of imide groups is 1. The Labute approximate surface area is 110 Å². The van der Waals surface area contributed by atoms with Gasteiger partial charge < -0.3 is 5.11 Å². The van der Waals surface area contributed by atoms with Gasteiger partial charge in [0.15, 0.2) is 0 Å². The van der Waals surface area contributed by atoms with Crippen LogP contribution in [-0.4, -0.2) is 34.3 Å². The Hall–Kier alpha value is -1.65. The fraction of sp³-hybridized carbons (Fsp3) is 0.643. The number of allylic oxidation sites excluding steroid dienone is 2. The second-order valence-corrected chi connectivity index (χ2v) is 6.13. The minimum atomic E-state index is -0.973. The van der Waals surface area contributed by atoms with Crippen LogP contribution in [0.5, 0.6) is 0 Å². The molecule has 5 nitrogen and oxygen atoms in total. The van der Waals surface area contributed by atoms with E-state index >= 15 is 0 Å². The summed E-state index contributed by atoms with van der Waals surface area (Å²) in [5.41, 5.74) is 0. The van der Waals surface area contributed by atoms with Gasteiger partial charge in [0.2, 0.25) is 11.8 Å². The third-order valence-electron chi connectivity index (χ3n) is 5.30. The van der Waals surface area contributed by atoms with Crippen molar-refractivity contribution in [1.82, 2.24) is 4.90 Å². The summed E-state index contributed by atoms with van der Waals surface area (Å²) >= 11 is 0. The molecule has 1 aliphatic heterocycles. The van der Waals surface area contributed by atoms with E-state index in [1.165, 1.54) is 4.90 Å². The Kier molecular flexibility index (Phi) is 2.04. The van der Waals surface area contributed by atoms with Crippen molar-refractivity contribution in [2.45, 2.75) is 12.8 Å². The van der Waals surface area contributed by atoms with E-state index < -0.39 is 5.97 Å². The van der Waals surface area contributed by atoms with E-state index in [4.69, 9.17) is 5.11 Å². The van der Waals surface area contributed by atoms with Gasteiger partial charge in [0.25, 0.3) is 0 Å². The van der Waals surface area contributed by atoms with Crippen LogP contribution >= 0.6 is 0 Å². The first-order valence-corrected chi connectivity index (χ1v) is 6.85. The van der Waals surface area contributed by atoms with Crippen LogP contribution in [-0.2, 0) is 14.4 Å². The molecule has 0 spiro atoms. The monoisotopic (exact) mass is 261 g/mol. The first kappa shape index (κ1) is 11.2. The molecule has 1 heterocycles. The second-order valence-electron chi connectivity index (χ2n) is 6.13. The Bertz CT molecular complexity index is 490. The summed E-state index contributed by atoms with van der Waals surface area (Å²) in [6.45, 7) is 0.0226. The summed E-state index contributed by atoms with van der Waals surface area (Å²) in [6.07, 6.45) is 5.22. The maximum Gasteiger partial charge on any atom is 0.305 e. The molecule has 0 unspecified atom stereocenters. The molecule has 2 bridgehead atoms. The van der Waals surface area contributed by atoms with E-state index in [0.29, 0.717) is 11.8 Å². The van der Waals surface area contributed by atoms with Gasteiger partial charge >= 0.3 is 5.97 Å². The molecular weight excluding hydrogens is 246 g/mol. The lowest BCUT2D eigenvalue weighted by molar-refractivity contribution is -0.142. The molecule has 6 atom stereocenters. The average Bonchev–Trinajstić information content (AvgIpc) is 3.14. The fourth-order valence-electron chi connectivity index (χ4n) is 4.45. The van der Waals surface area contributed by atoms with Gasteiger partial charge in [0, 0.05) is 6.54 Å². The number of hydrogen-bond acceptors (Lipinski definition) is 3. The topological polar surface area (TPSA) is 74.7 Å². The molecule has 100 valence electrons. The number of rotatable bonds is 3. The van der Waals surface area contributed by atoms with E-state index in [0.717, 1.165) is 6.42 Å². The summed E-state index contributed by atoms with van der Waals surface area (Å²) in [5.74, 6) is -0.0567. The smallest absolute Gasteiger partial charge is 0.305 e. The standard InChI is InChI=1S/C14H15NO4/c16-10(17)3-4-15-13(18)11-6-1-2-7(9-5-8(6)9)12(11)14(15)19/h1-2,6-9,11-12H,3-5H2,(H,16,17)/t6-,7+,8-,9-,11+,12-/m0/s1. The van der Waals surface area contributed by atoms with Crippen LogP contribution in [0.1, 0.15) is 12.8 Å². The van der Waals surface area contributed by atoms with E-state index in [-0.39, 0.29) is 48.5 Å². The molecule has 0 aromatic carbocycles. The maximum absolute atomic E-state index is 12.4. The van der Waals surface area contributed by atoms with Gasteiger partial charge in [-0.1, -0.05) is 12.2 Å². The molecular formula is C14H15NO4. The van der Waals surface area contributed by atoms with Crippen molar-refractivity contribution in [3.8, 4) is 0 Å². The molecule has 2 saturated carbocycles. The van der Waals surface area contributed by atoms with Gasteiger partial charge in [-0.15, -0.1) is 0 Å². The Morgan fingerprint density at radius 2 is 1.68 bits per heavy atom. The van der Waals surface area contributed by atoms with Crippen molar-refractivity contribution >= 4 is 17.8 Å². The van der Waals surface area contributed by atoms with Crippen molar-refractivity contribution in [3.63, 3.8) is 0 Å². The van der Waals surface area contributed by atoms with Gasteiger partial charge in [-0.05, 0) is 30.1 Å². The number of carboxylic acid groups (broad SMARTS) is 1. The number of nitrogens with zero attached hydrogens (tertiary/aromatic N) is 1. The van der Waals surface area contributed by atoms with Crippen LogP contribution in [0.15, 0.2) is 12.2 Å². The molecule has 0 aromatic heterocycles. The molecule has 1 N–H and O–H groups in total. The zero-order valence-corrected chi connectivity index (χ0v) is 10.4. The largest absolute Gasteiger partial charge is 0.481 e. The molecule has 2 amide bonds. The highest BCUT2D eigenvalue weighted by atomic mass is 16.4. The van der Waals surface area contributed by atoms with E-state index in [1.807, 2.05) is 0 Å². The molecule has 5 heteroatoms. The SMILES string of the molecule is O=C(O)CCN1C(=O)[C@@H]2[C@H]3C=C[C@H]([C@@H]4C[C@@H]34)[C@@H]2C1=O. The maximum atomic E-state index is 12.4. The predicted molar refractivity (Wildman–Crippen MR) is 63.7 cm³/mol. The molecule has 3 fully saturated rings. The van der Waals surface area contributed by atoms with Crippen LogP contribution in [0, 0.1) is 35.5 Å². The lowest BCUT2D eigenvalue weighted by Gasteiger charge is -2.37. The van der Waals surface area contributed by atoms with Crippen molar-refractivity contribution in [2.75, 3.05) is 6.54 Å². The zero-order chi connectivity index (χ0) is 13.3. The minimum absolute atomic E-state index is 0.0226. The molecule has 19 heavy (non-hydrogen) atoms. The highest BCUT2D eigenvalue weighted by Crippen LogP contribution is 2.65. The van der Waals surface area contributed by atoms with Crippen LogP contribution in [0.25, 0.3) is 0 Å². The van der Waals surface area contributed by atoms with E-state index in [1.54, 1.807) is 0 Å². The van der Waals surface area contributed by atoms with Gasteiger partial charge in [-0.25, -0.2) is 0 Å². The Morgan fingerprint density at radius 3 is 2.16 bits per heavy atom. The highest BCUT2D eigenvalue weighted by molar-refractivity contribution is 6.06. The lowest BCUT2D eigenvalue weighted by atomic mass is 9.63. The average molecular weight is 261 g/mol. The fourth-order valence-corrected chi connectivity index (χ4v) is 4.45. The van der Waals surface area contributed by atoms with Gasteiger partial charge in [0.05, 0.1) is 18.3 Å². The molecule has 0 radical (unpaired) electrons. The molecule has 1 saturated heterocycles. The second kappa shape index (κ2) is 3.46. The predicted octanol–water partition coefficient (Wildman–Crippen LogP) is 0.514. The quantitative estimate of drug-likeness (QED) is 0.593.